The van der Waals surface area contributed by atoms with Crippen LogP contribution in [0.1, 0.15) is 37.7 Å². The number of hydrogen-bond acceptors (Lipinski definition) is 5. The molecule has 1 atom stereocenters. The Labute approximate surface area is 168 Å². The maximum Gasteiger partial charge on any atom is 0.223 e. The Morgan fingerprint density at radius 1 is 1.14 bits per heavy atom. The van der Waals surface area contributed by atoms with Crippen LogP contribution < -0.4 is 4.72 Å². The van der Waals surface area contributed by atoms with Gasteiger partial charge in [0, 0.05) is 39.1 Å². The minimum atomic E-state index is -3.37. The van der Waals surface area contributed by atoms with Crippen molar-refractivity contribution in [2.24, 2.45) is 5.92 Å². The van der Waals surface area contributed by atoms with Gasteiger partial charge in [0.15, 0.2) is 0 Å². The van der Waals surface area contributed by atoms with E-state index < -0.39 is 10.0 Å². The van der Waals surface area contributed by atoms with Crippen LogP contribution in [0.2, 0.25) is 0 Å². The van der Waals surface area contributed by atoms with Gasteiger partial charge in [0.2, 0.25) is 15.9 Å². The van der Waals surface area contributed by atoms with Crippen molar-refractivity contribution in [2.75, 3.05) is 39.3 Å². The molecule has 7 nitrogen and oxygen atoms in total. The summed E-state index contributed by atoms with van der Waals surface area (Å²) in [6, 6.07) is 9.17. The van der Waals surface area contributed by atoms with Crippen LogP contribution in [0.25, 0.3) is 0 Å². The van der Waals surface area contributed by atoms with E-state index in [1.165, 1.54) is 0 Å². The molecular weight excluding hydrogens is 378 g/mol. The SMILES string of the molecule is O=C(CCN1CCCCO1)N1CCCC(CNS(=O)(=O)Cc2ccccc2)C1. The van der Waals surface area contributed by atoms with Crippen molar-refractivity contribution in [3.05, 3.63) is 35.9 Å². The third-order valence-electron chi connectivity index (χ3n) is 5.31. The van der Waals surface area contributed by atoms with Crippen molar-refractivity contribution < 1.29 is 18.0 Å². The van der Waals surface area contributed by atoms with Crippen molar-refractivity contribution in [2.45, 2.75) is 37.9 Å². The molecule has 1 aromatic carbocycles. The van der Waals surface area contributed by atoms with Crippen molar-refractivity contribution in [3.63, 3.8) is 0 Å². The second-order valence-corrected chi connectivity index (χ2v) is 9.47. The standard InChI is InChI=1S/C20H31N3O4S/c24-20(10-13-23-12-4-5-14-27-23)22-11-6-9-19(16-22)15-21-28(25,26)17-18-7-2-1-3-8-18/h1-3,7-8,19,21H,4-6,9-17H2. The number of hydrogen-bond donors (Lipinski definition) is 1. The molecule has 1 amide bonds. The zero-order chi connectivity index (χ0) is 19.8. The molecular formula is C20H31N3O4S. The molecule has 1 unspecified atom stereocenters. The number of nitrogens with one attached hydrogen (secondary N) is 1. The molecule has 2 heterocycles. The first-order valence-corrected chi connectivity index (χ1v) is 11.8. The van der Waals surface area contributed by atoms with Gasteiger partial charge in [0.1, 0.15) is 0 Å². The molecule has 3 rings (SSSR count). The molecule has 0 bridgehead atoms. The third kappa shape index (κ3) is 6.84. The van der Waals surface area contributed by atoms with Crippen molar-refractivity contribution >= 4 is 15.9 Å². The summed E-state index contributed by atoms with van der Waals surface area (Å²) in [4.78, 5) is 20.0. The number of carbonyl (C=O) groups is 1. The summed E-state index contributed by atoms with van der Waals surface area (Å²) in [7, 11) is -3.37. The average molecular weight is 410 g/mol. The van der Waals surface area contributed by atoms with Gasteiger partial charge in [0.05, 0.1) is 12.4 Å². The van der Waals surface area contributed by atoms with Crippen LogP contribution in [0.3, 0.4) is 0 Å². The molecule has 156 valence electrons. The highest BCUT2D eigenvalue weighted by Gasteiger charge is 2.25. The average Bonchev–Trinajstić information content (AvgIpc) is 2.72. The Morgan fingerprint density at radius 2 is 1.96 bits per heavy atom. The lowest BCUT2D eigenvalue weighted by atomic mass is 9.98. The van der Waals surface area contributed by atoms with Crippen molar-refractivity contribution in [3.8, 4) is 0 Å². The second-order valence-electron chi connectivity index (χ2n) is 7.66. The van der Waals surface area contributed by atoms with E-state index in [0.717, 1.165) is 50.9 Å². The predicted octanol–water partition coefficient (Wildman–Crippen LogP) is 1.76. The first-order valence-electron chi connectivity index (χ1n) is 10.2. The summed E-state index contributed by atoms with van der Waals surface area (Å²) in [6.07, 6.45) is 4.50. The molecule has 0 saturated carbocycles. The normalized spacial score (nSPS) is 21.6. The van der Waals surface area contributed by atoms with E-state index >= 15 is 0 Å². The Kier molecular flexibility index (Phi) is 7.84. The Balaban J connectivity index is 1.42. The van der Waals surface area contributed by atoms with E-state index in [4.69, 9.17) is 4.84 Å². The van der Waals surface area contributed by atoms with Gasteiger partial charge in [-0.2, -0.15) is 5.06 Å². The summed E-state index contributed by atoms with van der Waals surface area (Å²) in [5.74, 6) is 0.277. The smallest absolute Gasteiger partial charge is 0.223 e. The summed E-state index contributed by atoms with van der Waals surface area (Å²) in [5, 5.41) is 1.89. The van der Waals surface area contributed by atoms with Crippen molar-refractivity contribution in [1.29, 1.82) is 0 Å². The van der Waals surface area contributed by atoms with Crippen LogP contribution in [0.5, 0.6) is 0 Å². The summed E-state index contributed by atoms with van der Waals surface area (Å²) in [5.41, 5.74) is 0.774. The summed E-state index contributed by atoms with van der Waals surface area (Å²) < 4.78 is 27.4. The lowest BCUT2D eigenvalue weighted by Crippen LogP contribution is -2.44. The topological polar surface area (TPSA) is 79.0 Å². The molecule has 0 spiro atoms. The molecule has 2 aliphatic rings. The van der Waals surface area contributed by atoms with E-state index in [-0.39, 0.29) is 17.6 Å². The number of sulfonamides is 1. The van der Waals surface area contributed by atoms with Crippen LogP contribution in [-0.4, -0.2) is 63.6 Å². The van der Waals surface area contributed by atoms with E-state index in [9.17, 15) is 13.2 Å². The van der Waals surface area contributed by atoms with Gasteiger partial charge in [-0.05, 0) is 37.2 Å². The van der Waals surface area contributed by atoms with Crippen LogP contribution in [0, 0.1) is 5.92 Å². The number of carbonyl (C=O) groups excluding carboxylic acids is 1. The molecule has 28 heavy (non-hydrogen) atoms. The molecule has 2 aliphatic heterocycles. The highest BCUT2D eigenvalue weighted by Crippen LogP contribution is 2.18. The maximum absolute atomic E-state index is 12.5. The van der Waals surface area contributed by atoms with Gasteiger partial charge < -0.3 is 4.90 Å². The second kappa shape index (κ2) is 10.3. The highest BCUT2D eigenvalue weighted by molar-refractivity contribution is 7.88. The van der Waals surface area contributed by atoms with Gasteiger partial charge in [-0.25, -0.2) is 13.1 Å². The Hall–Kier alpha value is -1.48. The van der Waals surface area contributed by atoms with Crippen LogP contribution in [-0.2, 0) is 25.4 Å². The molecule has 2 fully saturated rings. The fourth-order valence-corrected chi connectivity index (χ4v) is 4.97. The van der Waals surface area contributed by atoms with Gasteiger partial charge >= 0.3 is 0 Å². The molecule has 8 heteroatoms. The van der Waals surface area contributed by atoms with Crippen LogP contribution >= 0.6 is 0 Å². The molecule has 1 N–H and O–H groups in total. The Bertz CT molecular complexity index is 720. The highest BCUT2D eigenvalue weighted by atomic mass is 32.2. The largest absolute Gasteiger partial charge is 0.342 e. The lowest BCUT2D eigenvalue weighted by Gasteiger charge is -2.33. The number of benzene rings is 1. The van der Waals surface area contributed by atoms with Crippen LogP contribution in [0.4, 0.5) is 0 Å². The quantitative estimate of drug-likeness (QED) is 0.708. The fourth-order valence-electron chi connectivity index (χ4n) is 3.75. The predicted molar refractivity (Wildman–Crippen MR) is 108 cm³/mol. The van der Waals surface area contributed by atoms with E-state index in [1.807, 2.05) is 40.3 Å². The number of nitrogens with zero attached hydrogens (tertiary/aromatic N) is 2. The molecule has 0 aromatic heterocycles. The number of piperidine rings is 1. The number of amides is 1. The van der Waals surface area contributed by atoms with Gasteiger partial charge in [-0.15, -0.1) is 0 Å². The zero-order valence-electron chi connectivity index (χ0n) is 16.4. The fraction of sp³-hybridized carbons (Fsp3) is 0.650. The molecule has 1 aromatic rings. The molecule has 0 radical (unpaired) electrons. The third-order valence-corrected chi connectivity index (χ3v) is 6.63. The molecule has 2 saturated heterocycles. The minimum Gasteiger partial charge on any atom is -0.342 e. The number of rotatable bonds is 8. The first-order chi connectivity index (χ1) is 13.5. The molecule has 0 aliphatic carbocycles. The minimum absolute atomic E-state index is 0.0148. The van der Waals surface area contributed by atoms with Gasteiger partial charge in [0.25, 0.3) is 0 Å². The summed E-state index contributed by atoms with van der Waals surface area (Å²) in [6.45, 7) is 4.01. The van der Waals surface area contributed by atoms with E-state index in [2.05, 4.69) is 4.72 Å². The van der Waals surface area contributed by atoms with Gasteiger partial charge in [-0.3, -0.25) is 9.63 Å². The van der Waals surface area contributed by atoms with Crippen LogP contribution in [0.15, 0.2) is 30.3 Å². The van der Waals surface area contributed by atoms with E-state index in [0.29, 0.717) is 26.1 Å². The number of likely N-dealkylation sites (tertiary alicyclic amines) is 1. The zero-order valence-corrected chi connectivity index (χ0v) is 17.2. The first kappa shape index (κ1) is 21.2. The van der Waals surface area contributed by atoms with Crippen molar-refractivity contribution in [1.82, 2.24) is 14.7 Å². The Morgan fingerprint density at radius 3 is 2.71 bits per heavy atom. The van der Waals surface area contributed by atoms with Gasteiger partial charge in [-0.1, -0.05) is 30.3 Å². The summed E-state index contributed by atoms with van der Waals surface area (Å²) >= 11 is 0. The monoisotopic (exact) mass is 409 g/mol. The van der Waals surface area contributed by atoms with E-state index in [1.54, 1.807) is 0 Å². The maximum atomic E-state index is 12.5. The lowest BCUT2D eigenvalue weighted by molar-refractivity contribution is -0.182. The number of hydroxylamine groups is 2.